The summed E-state index contributed by atoms with van der Waals surface area (Å²) >= 11 is 0. The lowest BCUT2D eigenvalue weighted by Gasteiger charge is -2.14. The van der Waals surface area contributed by atoms with E-state index in [1.807, 2.05) is 84.9 Å². The molecule has 180 valence electrons. The highest BCUT2D eigenvalue weighted by atomic mass is 16.5. The molecule has 0 unspecified atom stereocenters. The van der Waals surface area contributed by atoms with Crippen LogP contribution in [0.4, 0.5) is 10.5 Å². The molecule has 0 radical (unpaired) electrons. The van der Waals surface area contributed by atoms with Crippen molar-refractivity contribution in [2.24, 2.45) is 0 Å². The summed E-state index contributed by atoms with van der Waals surface area (Å²) in [6.07, 6.45) is 1.70. The number of nitrogens with one attached hydrogen (secondary N) is 2. The van der Waals surface area contributed by atoms with Crippen LogP contribution in [0.5, 0.6) is 23.0 Å². The van der Waals surface area contributed by atoms with E-state index in [2.05, 4.69) is 15.6 Å². The van der Waals surface area contributed by atoms with E-state index in [9.17, 15) is 4.79 Å². The quantitative estimate of drug-likeness (QED) is 0.278. The summed E-state index contributed by atoms with van der Waals surface area (Å²) in [5.41, 5.74) is 2.49. The normalized spacial score (nSPS) is 10.7. The molecule has 1 aromatic heterocycles. The van der Waals surface area contributed by atoms with Gasteiger partial charge < -0.3 is 24.8 Å². The van der Waals surface area contributed by atoms with Gasteiger partial charge in [-0.2, -0.15) is 0 Å². The Morgan fingerprint density at radius 1 is 0.806 bits per heavy atom. The largest absolute Gasteiger partial charge is 0.493 e. The Morgan fingerprint density at radius 3 is 2.42 bits per heavy atom. The summed E-state index contributed by atoms with van der Waals surface area (Å²) in [5.74, 6) is 2.51. The molecule has 0 aliphatic heterocycles. The predicted molar refractivity (Wildman–Crippen MR) is 141 cm³/mol. The van der Waals surface area contributed by atoms with Gasteiger partial charge in [0.25, 0.3) is 0 Å². The summed E-state index contributed by atoms with van der Waals surface area (Å²) in [5, 5.41) is 8.49. The van der Waals surface area contributed by atoms with Crippen molar-refractivity contribution in [2.75, 3.05) is 19.5 Å². The third-order valence-corrected chi connectivity index (χ3v) is 5.83. The minimum atomic E-state index is -0.265. The van der Waals surface area contributed by atoms with E-state index < -0.39 is 0 Å². The highest BCUT2D eigenvalue weighted by molar-refractivity contribution is 6.02. The monoisotopic (exact) mass is 479 g/mol. The Morgan fingerprint density at radius 2 is 1.61 bits per heavy atom. The number of ether oxygens (including phenoxy) is 3. The molecule has 4 aromatic carbocycles. The highest BCUT2D eigenvalue weighted by Gasteiger charge is 2.12. The zero-order valence-corrected chi connectivity index (χ0v) is 19.9. The molecule has 0 fully saturated rings. The number of rotatable bonds is 7. The van der Waals surface area contributed by atoms with Crippen molar-refractivity contribution in [1.82, 2.24) is 10.3 Å². The van der Waals surface area contributed by atoms with E-state index >= 15 is 0 Å². The van der Waals surface area contributed by atoms with Gasteiger partial charge in [-0.25, -0.2) is 4.79 Å². The maximum Gasteiger partial charge on any atom is 0.319 e. The number of hydrogen-bond donors (Lipinski definition) is 2. The van der Waals surface area contributed by atoms with Gasteiger partial charge in [-0.3, -0.25) is 4.98 Å². The number of pyridine rings is 1. The Balaban J connectivity index is 1.37. The van der Waals surface area contributed by atoms with Crippen LogP contribution in [-0.2, 0) is 6.54 Å². The van der Waals surface area contributed by atoms with Crippen LogP contribution in [0, 0.1) is 0 Å². The molecule has 7 heteroatoms. The standard InChI is InChI=1S/C29H25N3O4/c1-34-27-16-23-25(17-28(27)35-2)30-14-13-26(23)36-21-11-12-22-20(15-21)9-6-10-24(22)32-29(33)31-18-19-7-4-3-5-8-19/h3-17H,18H2,1-2H3,(H2,31,32,33). The molecule has 2 amide bonds. The van der Waals surface area contributed by atoms with Gasteiger partial charge in [0.2, 0.25) is 0 Å². The van der Waals surface area contributed by atoms with Crippen LogP contribution < -0.4 is 24.8 Å². The summed E-state index contributed by atoms with van der Waals surface area (Å²) in [6.45, 7) is 0.450. The molecular weight excluding hydrogens is 454 g/mol. The third-order valence-electron chi connectivity index (χ3n) is 5.83. The first-order chi connectivity index (χ1) is 17.6. The lowest BCUT2D eigenvalue weighted by Crippen LogP contribution is -2.28. The number of methoxy groups -OCH3 is 2. The number of anilines is 1. The van der Waals surface area contributed by atoms with Gasteiger partial charge in [-0.15, -0.1) is 0 Å². The fourth-order valence-corrected chi connectivity index (χ4v) is 4.04. The molecule has 0 saturated heterocycles. The lowest BCUT2D eigenvalue weighted by atomic mass is 10.1. The maximum absolute atomic E-state index is 12.5. The Labute approximate surface area is 208 Å². The van der Waals surface area contributed by atoms with Gasteiger partial charge in [0.15, 0.2) is 11.5 Å². The van der Waals surface area contributed by atoms with Crippen LogP contribution in [0.15, 0.2) is 91.1 Å². The van der Waals surface area contributed by atoms with Crippen LogP contribution >= 0.6 is 0 Å². The zero-order chi connectivity index (χ0) is 24.9. The highest BCUT2D eigenvalue weighted by Crippen LogP contribution is 2.37. The first-order valence-electron chi connectivity index (χ1n) is 11.4. The number of hydrogen-bond acceptors (Lipinski definition) is 5. The van der Waals surface area contributed by atoms with Crippen LogP contribution in [0.1, 0.15) is 5.56 Å². The molecule has 36 heavy (non-hydrogen) atoms. The minimum absolute atomic E-state index is 0.265. The summed E-state index contributed by atoms with van der Waals surface area (Å²) in [6, 6.07) is 26.5. The molecule has 0 aliphatic rings. The van der Waals surface area contributed by atoms with E-state index in [0.29, 0.717) is 29.5 Å². The van der Waals surface area contributed by atoms with Crippen molar-refractivity contribution in [1.29, 1.82) is 0 Å². The van der Waals surface area contributed by atoms with Gasteiger partial charge in [-0.1, -0.05) is 42.5 Å². The average Bonchev–Trinajstić information content (AvgIpc) is 2.92. The number of carbonyl (C=O) groups is 1. The van der Waals surface area contributed by atoms with E-state index in [4.69, 9.17) is 14.2 Å². The molecule has 0 atom stereocenters. The second kappa shape index (κ2) is 10.2. The molecule has 0 aliphatic carbocycles. The fraction of sp³-hybridized carbons (Fsp3) is 0.103. The number of fused-ring (bicyclic) bond motifs is 2. The summed E-state index contributed by atoms with van der Waals surface area (Å²) in [4.78, 5) is 16.9. The van der Waals surface area contributed by atoms with Crippen LogP contribution in [0.2, 0.25) is 0 Å². The van der Waals surface area contributed by atoms with Crippen LogP contribution in [-0.4, -0.2) is 25.2 Å². The van der Waals surface area contributed by atoms with E-state index in [0.717, 1.165) is 32.9 Å². The molecule has 0 bridgehead atoms. The number of aromatic nitrogens is 1. The molecule has 0 spiro atoms. The van der Waals surface area contributed by atoms with Crippen molar-refractivity contribution in [3.05, 3.63) is 96.7 Å². The number of carbonyl (C=O) groups excluding carboxylic acids is 1. The van der Waals surface area contributed by atoms with Gasteiger partial charge in [-0.05, 0) is 47.3 Å². The van der Waals surface area contributed by atoms with Crippen LogP contribution in [0.25, 0.3) is 21.7 Å². The Bertz CT molecular complexity index is 1540. The average molecular weight is 480 g/mol. The number of urea groups is 1. The summed E-state index contributed by atoms with van der Waals surface area (Å²) in [7, 11) is 3.19. The van der Waals surface area contributed by atoms with E-state index in [-0.39, 0.29) is 6.03 Å². The lowest BCUT2D eigenvalue weighted by molar-refractivity contribution is 0.252. The topological polar surface area (TPSA) is 81.7 Å². The smallest absolute Gasteiger partial charge is 0.319 e. The fourth-order valence-electron chi connectivity index (χ4n) is 4.04. The van der Waals surface area contributed by atoms with Gasteiger partial charge in [0.05, 0.1) is 25.4 Å². The second-order valence-electron chi connectivity index (χ2n) is 8.12. The van der Waals surface area contributed by atoms with Crippen LogP contribution in [0.3, 0.4) is 0 Å². The molecule has 7 nitrogen and oxygen atoms in total. The first-order valence-corrected chi connectivity index (χ1v) is 11.4. The summed E-state index contributed by atoms with van der Waals surface area (Å²) < 4.78 is 17.1. The van der Waals surface area contributed by atoms with Crippen molar-refractivity contribution < 1.29 is 19.0 Å². The maximum atomic E-state index is 12.5. The number of nitrogens with zero attached hydrogens (tertiary/aromatic N) is 1. The molecule has 1 heterocycles. The molecule has 2 N–H and O–H groups in total. The van der Waals surface area contributed by atoms with E-state index in [1.54, 1.807) is 20.4 Å². The molecule has 5 aromatic rings. The minimum Gasteiger partial charge on any atom is -0.493 e. The molecule has 0 saturated carbocycles. The van der Waals surface area contributed by atoms with Crippen molar-refractivity contribution in [3.63, 3.8) is 0 Å². The molecule has 5 rings (SSSR count). The van der Waals surface area contributed by atoms with E-state index in [1.165, 1.54) is 0 Å². The number of amides is 2. The SMILES string of the molecule is COc1cc2nccc(Oc3ccc4c(NC(=O)NCc5ccccc5)cccc4c3)c2cc1OC. The Kier molecular flexibility index (Phi) is 6.53. The van der Waals surface area contributed by atoms with Gasteiger partial charge in [0, 0.05) is 29.6 Å². The molecular formula is C29H25N3O4. The van der Waals surface area contributed by atoms with Gasteiger partial charge in [0.1, 0.15) is 11.5 Å². The van der Waals surface area contributed by atoms with Crippen molar-refractivity contribution in [3.8, 4) is 23.0 Å². The second-order valence-corrected chi connectivity index (χ2v) is 8.12. The first kappa shape index (κ1) is 23.0. The van der Waals surface area contributed by atoms with Gasteiger partial charge >= 0.3 is 6.03 Å². The predicted octanol–water partition coefficient (Wildman–Crippen LogP) is 6.52. The Hall–Kier alpha value is -4.78. The van der Waals surface area contributed by atoms with Crippen molar-refractivity contribution in [2.45, 2.75) is 6.54 Å². The third kappa shape index (κ3) is 4.86. The van der Waals surface area contributed by atoms with Crippen molar-refractivity contribution >= 4 is 33.4 Å². The number of benzene rings is 4. The zero-order valence-electron chi connectivity index (χ0n) is 19.9.